The zero-order valence-corrected chi connectivity index (χ0v) is 13.7. The predicted octanol–water partition coefficient (Wildman–Crippen LogP) is 3.46. The molecule has 2 aromatic rings. The van der Waals surface area contributed by atoms with Gasteiger partial charge in [0, 0.05) is 0 Å². The third kappa shape index (κ3) is 3.43. The van der Waals surface area contributed by atoms with E-state index in [1.54, 1.807) is 26.4 Å². The van der Waals surface area contributed by atoms with Gasteiger partial charge in [-0.3, -0.25) is 4.79 Å². The van der Waals surface area contributed by atoms with Gasteiger partial charge in [0.15, 0.2) is 5.52 Å². The van der Waals surface area contributed by atoms with Gasteiger partial charge in [-0.25, -0.2) is 0 Å². The van der Waals surface area contributed by atoms with Gasteiger partial charge in [0.1, 0.15) is 17.1 Å². The highest BCUT2D eigenvalue weighted by Crippen LogP contribution is 2.34. The van der Waals surface area contributed by atoms with E-state index in [1.807, 2.05) is 26.0 Å². The highest BCUT2D eigenvalue weighted by atomic mass is 31.1. The predicted molar refractivity (Wildman–Crippen MR) is 87.7 cm³/mol. The number of hydrogen-bond acceptors (Lipinski definition) is 3. The highest BCUT2D eigenvalue weighted by Gasteiger charge is 2.19. The Labute approximate surface area is 127 Å². The molecule has 0 radical (unpaired) electrons. The van der Waals surface area contributed by atoms with E-state index in [1.165, 1.54) is 0 Å². The fourth-order valence-electron chi connectivity index (χ4n) is 2.13. The highest BCUT2D eigenvalue weighted by molar-refractivity contribution is 7.66. The lowest BCUT2D eigenvalue weighted by atomic mass is 10.2. The van der Waals surface area contributed by atoms with Crippen LogP contribution in [-0.2, 0) is 0 Å². The minimum absolute atomic E-state index is 0.0259. The molecular weight excluding hydrogens is 283 g/mol. The molecule has 0 saturated carbocycles. The minimum atomic E-state index is 0.0259. The third-order valence-corrected chi connectivity index (χ3v) is 4.58. The van der Waals surface area contributed by atoms with Gasteiger partial charge in [-0.1, -0.05) is 29.8 Å². The van der Waals surface area contributed by atoms with E-state index < -0.39 is 0 Å². The van der Waals surface area contributed by atoms with Crippen molar-refractivity contribution in [1.82, 2.24) is 0 Å². The lowest BCUT2D eigenvalue weighted by Gasteiger charge is -2.13. The van der Waals surface area contributed by atoms with Crippen molar-refractivity contribution in [3.8, 4) is 11.5 Å². The molecule has 21 heavy (non-hydrogen) atoms. The molecule has 110 valence electrons. The van der Waals surface area contributed by atoms with Crippen LogP contribution in [0.4, 0.5) is 0 Å². The lowest BCUT2D eigenvalue weighted by molar-refractivity contribution is 0.108. The molecule has 4 heteroatoms. The summed E-state index contributed by atoms with van der Waals surface area (Å²) < 4.78 is 10.6. The standard InChI is InChI=1S/C17H19O3P/c1-11-8-9-12(2)15(10-11)21-17(18)16-13(19-3)6-5-7-14(16)20-4/h5-10,21H,1-4H3. The summed E-state index contributed by atoms with van der Waals surface area (Å²) in [5, 5.41) is 1.06. The number of rotatable bonds is 5. The van der Waals surface area contributed by atoms with Crippen molar-refractivity contribution in [2.24, 2.45) is 0 Å². The molecule has 0 fully saturated rings. The number of carbonyl (C=O) groups excluding carboxylic acids is 1. The Morgan fingerprint density at radius 1 is 1.00 bits per heavy atom. The van der Waals surface area contributed by atoms with Crippen molar-refractivity contribution < 1.29 is 14.3 Å². The summed E-state index contributed by atoms with van der Waals surface area (Å²) >= 11 is 0. The summed E-state index contributed by atoms with van der Waals surface area (Å²) in [5.41, 5.74) is 2.82. The molecule has 0 aliphatic rings. The molecule has 0 aliphatic heterocycles. The van der Waals surface area contributed by atoms with Crippen molar-refractivity contribution in [2.45, 2.75) is 13.8 Å². The van der Waals surface area contributed by atoms with Crippen LogP contribution < -0.4 is 14.8 Å². The molecule has 2 rings (SSSR count). The molecule has 0 N–H and O–H groups in total. The molecule has 0 bridgehead atoms. The van der Waals surface area contributed by atoms with Crippen LogP contribution >= 0.6 is 8.58 Å². The van der Waals surface area contributed by atoms with Gasteiger partial charge in [-0.15, -0.1) is 0 Å². The van der Waals surface area contributed by atoms with Gasteiger partial charge in [0.2, 0.25) is 0 Å². The van der Waals surface area contributed by atoms with Crippen molar-refractivity contribution in [2.75, 3.05) is 14.2 Å². The summed E-state index contributed by atoms with van der Waals surface area (Å²) in [6.07, 6.45) is 0. The number of aryl methyl sites for hydroxylation is 2. The zero-order chi connectivity index (χ0) is 15.4. The lowest BCUT2D eigenvalue weighted by Crippen LogP contribution is -2.07. The van der Waals surface area contributed by atoms with Gasteiger partial charge < -0.3 is 9.47 Å². The number of methoxy groups -OCH3 is 2. The monoisotopic (exact) mass is 302 g/mol. The maximum Gasteiger partial charge on any atom is 0.193 e. The summed E-state index contributed by atoms with van der Waals surface area (Å²) in [6.45, 7) is 4.05. The Morgan fingerprint density at radius 3 is 2.19 bits per heavy atom. The van der Waals surface area contributed by atoms with E-state index in [-0.39, 0.29) is 14.1 Å². The first kappa shape index (κ1) is 15.5. The van der Waals surface area contributed by atoms with Crippen molar-refractivity contribution in [3.05, 3.63) is 53.1 Å². The Morgan fingerprint density at radius 2 is 1.62 bits per heavy atom. The molecule has 0 aliphatic carbocycles. The molecule has 0 aromatic heterocycles. The third-order valence-electron chi connectivity index (χ3n) is 3.30. The second kappa shape index (κ2) is 6.73. The van der Waals surface area contributed by atoms with Crippen molar-refractivity contribution >= 4 is 19.4 Å². The number of benzene rings is 2. The van der Waals surface area contributed by atoms with Crippen LogP contribution in [0.1, 0.15) is 21.5 Å². The van der Waals surface area contributed by atoms with Crippen LogP contribution in [0.25, 0.3) is 0 Å². The minimum Gasteiger partial charge on any atom is -0.496 e. The quantitative estimate of drug-likeness (QED) is 0.793. The number of hydrogen-bond donors (Lipinski definition) is 0. The Balaban J connectivity index is 2.38. The molecule has 2 aromatic carbocycles. The fourth-order valence-corrected chi connectivity index (χ4v) is 3.33. The summed E-state index contributed by atoms with van der Waals surface area (Å²) in [7, 11) is 3.18. The summed E-state index contributed by atoms with van der Waals surface area (Å²) in [5.74, 6) is 1.11. The SMILES string of the molecule is COc1cccc(OC)c1C(=O)Pc1cc(C)ccc1C. The first-order valence-electron chi connectivity index (χ1n) is 6.66. The second-order valence-electron chi connectivity index (χ2n) is 4.81. The van der Waals surface area contributed by atoms with E-state index in [9.17, 15) is 4.79 Å². The van der Waals surface area contributed by atoms with E-state index in [0.717, 1.165) is 16.4 Å². The fraction of sp³-hybridized carbons (Fsp3) is 0.235. The maximum atomic E-state index is 12.7. The summed E-state index contributed by atoms with van der Waals surface area (Å²) in [4.78, 5) is 12.7. The Bertz CT molecular complexity index is 643. The van der Waals surface area contributed by atoms with Crippen molar-refractivity contribution in [1.29, 1.82) is 0 Å². The average Bonchev–Trinajstić information content (AvgIpc) is 2.49. The molecule has 0 saturated heterocycles. The first-order chi connectivity index (χ1) is 10.1. The molecule has 0 spiro atoms. The molecule has 1 atom stereocenters. The van der Waals surface area contributed by atoms with Crippen LogP contribution in [-0.4, -0.2) is 19.7 Å². The van der Waals surface area contributed by atoms with Crippen LogP contribution in [0.2, 0.25) is 0 Å². The Kier molecular flexibility index (Phi) is 4.98. The van der Waals surface area contributed by atoms with E-state index in [4.69, 9.17) is 9.47 Å². The van der Waals surface area contributed by atoms with E-state index in [2.05, 4.69) is 12.1 Å². The average molecular weight is 302 g/mol. The molecule has 3 nitrogen and oxygen atoms in total. The van der Waals surface area contributed by atoms with Crippen LogP contribution in [0, 0.1) is 13.8 Å². The van der Waals surface area contributed by atoms with Gasteiger partial charge >= 0.3 is 0 Å². The van der Waals surface area contributed by atoms with Gasteiger partial charge in [-0.05, 0) is 45.4 Å². The molecule has 0 heterocycles. The smallest absolute Gasteiger partial charge is 0.193 e. The number of ether oxygens (including phenoxy) is 2. The molecule has 1 unspecified atom stereocenters. The molecule has 0 amide bonds. The van der Waals surface area contributed by atoms with Crippen molar-refractivity contribution in [3.63, 3.8) is 0 Å². The van der Waals surface area contributed by atoms with Gasteiger partial charge in [0.25, 0.3) is 0 Å². The van der Waals surface area contributed by atoms with Gasteiger partial charge in [0.05, 0.1) is 14.2 Å². The normalized spacial score (nSPS) is 10.9. The largest absolute Gasteiger partial charge is 0.496 e. The first-order valence-corrected chi connectivity index (χ1v) is 7.66. The number of carbonyl (C=O) groups is 1. The van der Waals surface area contributed by atoms with E-state index >= 15 is 0 Å². The zero-order valence-electron chi connectivity index (χ0n) is 12.7. The van der Waals surface area contributed by atoms with E-state index in [0.29, 0.717) is 17.1 Å². The van der Waals surface area contributed by atoms with Crippen LogP contribution in [0.3, 0.4) is 0 Å². The topological polar surface area (TPSA) is 35.5 Å². The van der Waals surface area contributed by atoms with Crippen LogP contribution in [0.5, 0.6) is 11.5 Å². The maximum absolute atomic E-state index is 12.7. The van der Waals surface area contributed by atoms with Crippen LogP contribution in [0.15, 0.2) is 36.4 Å². The summed E-state index contributed by atoms with van der Waals surface area (Å²) in [6, 6.07) is 11.5. The van der Waals surface area contributed by atoms with Gasteiger partial charge in [-0.2, -0.15) is 0 Å². The Hall–Kier alpha value is -1.86. The second-order valence-corrected chi connectivity index (χ2v) is 6.05. The molecular formula is C17H19O3P.